The van der Waals surface area contributed by atoms with Gasteiger partial charge < -0.3 is 65.5 Å². The quantitative estimate of drug-likeness (QED) is 0.0285. The molecule has 2 amide bonds. The molecule has 1 aliphatic rings. The predicted molar refractivity (Wildman–Crippen MR) is 215 cm³/mol. The molecular formula is C31H50N7O22P3S. The van der Waals surface area contributed by atoms with Gasteiger partial charge in [0.1, 0.15) is 36.3 Å². The van der Waals surface area contributed by atoms with Crippen molar-refractivity contribution in [2.75, 3.05) is 44.4 Å². The number of rotatable bonds is 26. The van der Waals surface area contributed by atoms with Crippen molar-refractivity contribution in [2.45, 2.75) is 89.8 Å². The second-order valence-corrected chi connectivity index (χ2v) is 19.6. The van der Waals surface area contributed by atoms with E-state index in [1.165, 1.54) is 20.8 Å². The van der Waals surface area contributed by atoms with Crippen molar-refractivity contribution in [3.05, 3.63) is 12.7 Å². The minimum absolute atomic E-state index is 0.0177. The maximum atomic E-state index is 13.2. The van der Waals surface area contributed by atoms with Crippen molar-refractivity contribution in [1.82, 2.24) is 30.2 Å². The summed E-state index contributed by atoms with van der Waals surface area (Å²) in [5, 5.41) is 32.4. The third-order valence-electron chi connectivity index (χ3n) is 8.40. The van der Waals surface area contributed by atoms with Gasteiger partial charge in [-0.2, -0.15) is 4.31 Å². The van der Waals surface area contributed by atoms with E-state index in [1.807, 2.05) is 0 Å². The van der Waals surface area contributed by atoms with Gasteiger partial charge >= 0.3 is 35.4 Å². The van der Waals surface area contributed by atoms with Crippen molar-refractivity contribution < 1.29 is 105 Å². The van der Waals surface area contributed by atoms with Gasteiger partial charge in [0.25, 0.3) is 5.91 Å². The van der Waals surface area contributed by atoms with E-state index in [0.29, 0.717) is 0 Å². The second-order valence-electron chi connectivity index (χ2n) is 14.3. The van der Waals surface area contributed by atoms with Crippen molar-refractivity contribution >= 4 is 81.1 Å². The van der Waals surface area contributed by atoms with Crippen LogP contribution in [0.25, 0.3) is 11.2 Å². The van der Waals surface area contributed by atoms with Gasteiger partial charge in [-0.3, -0.25) is 37.3 Å². The lowest BCUT2D eigenvalue weighted by Gasteiger charge is -2.33. The first kappa shape index (κ1) is 54.8. The number of aliphatic hydroxyl groups excluding tert-OH is 3. The van der Waals surface area contributed by atoms with E-state index in [0.717, 1.165) is 35.9 Å². The van der Waals surface area contributed by atoms with Crippen LogP contribution in [0.15, 0.2) is 12.7 Å². The molecule has 64 heavy (non-hydrogen) atoms. The Bertz CT molecular complexity index is 2110. The highest BCUT2D eigenvalue weighted by Gasteiger charge is 2.53. The average Bonchev–Trinajstić information content (AvgIpc) is 3.76. The van der Waals surface area contributed by atoms with Crippen LogP contribution in [-0.4, -0.2) is 159 Å². The number of aromatic nitrogens is 4. The number of esters is 2. The molecule has 33 heteroatoms. The lowest BCUT2D eigenvalue weighted by Crippen LogP contribution is -2.50. The lowest BCUT2D eigenvalue weighted by molar-refractivity contribution is -0.171. The number of ether oxygens (including phenoxy) is 3. The number of carbonyl (C=O) groups excluding carboxylic acids is 5. The minimum atomic E-state index is -5.76. The topological polar surface area (TPSA) is 436 Å². The van der Waals surface area contributed by atoms with E-state index in [4.69, 9.17) is 38.6 Å². The molecule has 1 aliphatic heterocycles. The molecule has 362 valence electrons. The van der Waals surface area contributed by atoms with Crippen LogP contribution in [0.5, 0.6) is 0 Å². The molecule has 3 rings (SSSR count). The van der Waals surface area contributed by atoms with E-state index < -0.39 is 127 Å². The summed E-state index contributed by atoms with van der Waals surface area (Å²) in [5.41, 5.74) is 4.03. The van der Waals surface area contributed by atoms with Gasteiger partial charge in [-0.15, -0.1) is 0 Å². The van der Waals surface area contributed by atoms with Gasteiger partial charge in [-0.1, -0.05) is 25.6 Å². The fourth-order valence-electron chi connectivity index (χ4n) is 5.36. The molecule has 0 spiro atoms. The second kappa shape index (κ2) is 23.8. The Kier molecular flexibility index (Phi) is 20.4. The van der Waals surface area contributed by atoms with E-state index >= 15 is 0 Å². The van der Waals surface area contributed by atoms with E-state index in [1.54, 1.807) is 0 Å². The molecule has 1 fully saturated rings. The maximum Gasteiger partial charge on any atom is 0.481 e. The summed E-state index contributed by atoms with van der Waals surface area (Å²) < 4.78 is 74.6. The first-order valence-corrected chi connectivity index (χ1v) is 24.2. The highest BCUT2D eigenvalue weighted by molar-refractivity contribution is 8.13. The number of anilines is 1. The number of amides is 2. The van der Waals surface area contributed by atoms with Crippen LogP contribution in [0, 0.1) is 5.41 Å². The molecule has 3 heterocycles. The van der Waals surface area contributed by atoms with Crippen molar-refractivity contribution in [2.24, 2.45) is 5.41 Å². The number of phosphoric ester groups is 3. The zero-order chi connectivity index (χ0) is 48.2. The van der Waals surface area contributed by atoms with Gasteiger partial charge in [-0.25, -0.2) is 33.4 Å². The first-order chi connectivity index (χ1) is 29.7. The zero-order valence-corrected chi connectivity index (χ0v) is 37.9. The van der Waals surface area contributed by atoms with Crippen LogP contribution >= 0.6 is 35.2 Å². The van der Waals surface area contributed by atoms with E-state index in [-0.39, 0.29) is 48.7 Å². The van der Waals surface area contributed by atoms with Crippen LogP contribution in [0.4, 0.5) is 5.82 Å². The number of nitrogens with zero attached hydrogens (tertiary/aromatic N) is 4. The summed E-state index contributed by atoms with van der Waals surface area (Å²) in [6.07, 6.45) is -10.8. The Hall–Kier alpha value is -3.54. The van der Waals surface area contributed by atoms with Gasteiger partial charge in [0.05, 0.1) is 19.5 Å². The van der Waals surface area contributed by atoms with Crippen LogP contribution in [0.1, 0.15) is 53.2 Å². The number of phosphoric acid groups is 3. The molecule has 1 saturated heterocycles. The number of imidazole rings is 1. The molecule has 0 saturated carbocycles. The fraction of sp³-hybridized carbons (Fsp3) is 0.677. The molecule has 0 aromatic carbocycles. The standard InChI is InChI=1S/C31H50N7O22P3S/c1-16(40)29(45)58-24(27(44)34-8-7-19(42)33-9-11-64-30(46)17(2)41)31(3,4)13-55-63(52,53)60-62(50,51)54-12-18-22(59-61(47,48)49)23(57-20(43)6-5-10-39)28(56-18)38-15-37-21-25(32)35-14-36-26(21)38/h14-18,22-24,28,39-41H,5-13H2,1-4H3,(H,33,42)(H,34,44)(H,50,51)(H,52,53)(H2,32,35,36)(H2,47,48,49)/t16?,17?,18-,22-,23-,24+,28-/m1/s1. The number of nitrogens with one attached hydrogen (secondary N) is 2. The SMILES string of the molecule is CC(O)C(=O)O[C@@H](C(=O)NCCC(=O)NCCSC(=O)C(C)O)C(C)(C)COP(=O)(O)OP(=O)(O)OC[C@H]1O[C@@H](n2cnc3c(N)ncnc32)[C@H](OC(=O)CCCO)[C@@H]1OP(=O)(O)O. The number of fused-ring (bicyclic) bond motifs is 1. The van der Waals surface area contributed by atoms with Gasteiger partial charge in [-0.05, 0) is 20.3 Å². The molecule has 4 unspecified atom stereocenters. The number of thioether (sulfide) groups is 1. The summed E-state index contributed by atoms with van der Waals surface area (Å²) in [6, 6.07) is 0. The highest BCUT2D eigenvalue weighted by atomic mass is 32.2. The summed E-state index contributed by atoms with van der Waals surface area (Å²) in [4.78, 5) is 114. The molecule has 0 bridgehead atoms. The minimum Gasteiger partial charge on any atom is -0.455 e. The predicted octanol–water partition coefficient (Wildman–Crippen LogP) is -1.70. The molecule has 0 radical (unpaired) electrons. The Morgan fingerprint density at radius 2 is 1.62 bits per heavy atom. The first-order valence-electron chi connectivity index (χ1n) is 18.7. The Morgan fingerprint density at radius 1 is 0.953 bits per heavy atom. The molecule has 29 nitrogen and oxygen atoms in total. The summed E-state index contributed by atoms with van der Waals surface area (Å²) in [5.74, 6) is -3.91. The molecule has 9 atom stereocenters. The molecule has 11 N–H and O–H groups in total. The Balaban J connectivity index is 1.73. The number of aliphatic hydroxyl groups is 3. The Morgan fingerprint density at radius 3 is 2.25 bits per heavy atom. The number of nitrogen functional groups attached to an aromatic ring is 1. The van der Waals surface area contributed by atoms with Crippen LogP contribution in [0.2, 0.25) is 0 Å². The normalized spacial score (nSPS) is 21.2. The third kappa shape index (κ3) is 17.0. The number of carbonyl (C=O) groups is 5. The Labute approximate surface area is 367 Å². The monoisotopic (exact) mass is 997 g/mol. The van der Waals surface area contributed by atoms with Crippen LogP contribution in [0.3, 0.4) is 0 Å². The van der Waals surface area contributed by atoms with Gasteiger partial charge in [0, 0.05) is 43.7 Å². The number of hydrogen-bond donors (Lipinski definition) is 10. The van der Waals surface area contributed by atoms with E-state index in [2.05, 4.69) is 29.9 Å². The van der Waals surface area contributed by atoms with Crippen LogP contribution in [-0.2, 0) is 69.8 Å². The van der Waals surface area contributed by atoms with Gasteiger partial charge in [0.2, 0.25) is 11.0 Å². The molecule has 0 aliphatic carbocycles. The summed E-state index contributed by atoms with van der Waals surface area (Å²) in [7, 11) is -17.0. The lowest BCUT2D eigenvalue weighted by atomic mass is 9.86. The molecule has 2 aromatic rings. The van der Waals surface area contributed by atoms with E-state index in [9.17, 15) is 67.5 Å². The highest BCUT2D eigenvalue weighted by Crippen LogP contribution is 2.61. The van der Waals surface area contributed by atoms with Crippen molar-refractivity contribution in [1.29, 1.82) is 0 Å². The molecular weight excluding hydrogens is 947 g/mol. The van der Waals surface area contributed by atoms with Crippen LogP contribution < -0.4 is 16.4 Å². The summed E-state index contributed by atoms with van der Waals surface area (Å²) >= 11 is 0.793. The maximum absolute atomic E-state index is 13.2. The number of hydrogen-bond acceptors (Lipinski definition) is 23. The largest absolute Gasteiger partial charge is 0.481 e. The summed E-state index contributed by atoms with van der Waals surface area (Å²) in [6.45, 7) is 1.68. The zero-order valence-electron chi connectivity index (χ0n) is 34.4. The van der Waals surface area contributed by atoms with Gasteiger partial charge in [0.15, 0.2) is 29.9 Å². The smallest absolute Gasteiger partial charge is 0.455 e. The molecule has 2 aromatic heterocycles. The van der Waals surface area contributed by atoms with Crippen molar-refractivity contribution in [3.8, 4) is 0 Å². The fourth-order valence-corrected chi connectivity index (χ4v) is 8.83. The van der Waals surface area contributed by atoms with Crippen molar-refractivity contribution in [3.63, 3.8) is 0 Å². The third-order valence-corrected chi connectivity index (χ3v) is 12.5. The average molecular weight is 998 g/mol. The number of nitrogens with two attached hydrogens (primary N) is 1.